The fourth-order valence-electron chi connectivity index (χ4n) is 2.03. The Bertz CT molecular complexity index is 798. The number of carbonyl (C=O) groups excluding carboxylic acids is 2. The number of likely N-dealkylation sites (N-methyl/N-ethyl adjacent to an activating group) is 1. The van der Waals surface area contributed by atoms with E-state index in [9.17, 15) is 19.7 Å². The minimum atomic E-state index is -0.834. The summed E-state index contributed by atoms with van der Waals surface area (Å²) in [6.45, 7) is -0.302. The summed E-state index contributed by atoms with van der Waals surface area (Å²) in [5.74, 6) is -0.713. The Hall–Kier alpha value is -3.61. The fraction of sp³-hybridized carbons (Fsp3) is 0.312. The van der Waals surface area contributed by atoms with E-state index in [1.165, 1.54) is 30.2 Å². The van der Waals surface area contributed by atoms with Crippen LogP contribution in [-0.2, 0) is 14.3 Å². The molecule has 0 atom stereocenters. The van der Waals surface area contributed by atoms with Gasteiger partial charge in [0.25, 0.3) is 11.6 Å². The number of rotatable bonds is 7. The van der Waals surface area contributed by atoms with Crippen molar-refractivity contribution in [2.75, 3.05) is 27.0 Å². The summed E-state index contributed by atoms with van der Waals surface area (Å²) in [6.07, 6.45) is 2.35. The highest BCUT2D eigenvalue weighted by atomic mass is 16.7. The van der Waals surface area contributed by atoms with Gasteiger partial charge < -0.3 is 19.1 Å². The van der Waals surface area contributed by atoms with Crippen molar-refractivity contribution in [1.82, 2.24) is 4.90 Å². The second-order valence-electron chi connectivity index (χ2n) is 5.19. The number of fused-ring (bicyclic) bond motifs is 1. The molecule has 0 aromatic heterocycles. The van der Waals surface area contributed by atoms with Gasteiger partial charge in [-0.25, -0.2) is 4.79 Å². The van der Waals surface area contributed by atoms with Gasteiger partial charge in [0.1, 0.15) is 0 Å². The highest BCUT2D eigenvalue weighted by molar-refractivity contribution is 5.90. The van der Waals surface area contributed by atoms with Crippen LogP contribution in [0.5, 0.6) is 11.5 Å². The average Bonchev–Trinajstić information content (AvgIpc) is 3.08. The fourth-order valence-corrected chi connectivity index (χ4v) is 2.03. The standard InChI is InChI=1S/C16H15N3O7/c1-18(6-2-5-17)15(20)9-24-16(21)4-3-11-7-13-14(26-10-25-13)8-12(11)19(22)23/h3-4,7-8H,2,6,9-10H2,1H3/b4-3+. The molecule has 0 saturated carbocycles. The summed E-state index contributed by atoms with van der Waals surface area (Å²) >= 11 is 0. The normalized spacial score (nSPS) is 11.8. The quantitative estimate of drug-likeness (QED) is 0.307. The summed E-state index contributed by atoms with van der Waals surface area (Å²) in [5.41, 5.74) is -0.126. The van der Waals surface area contributed by atoms with Gasteiger partial charge in [0.15, 0.2) is 18.1 Å². The van der Waals surface area contributed by atoms with E-state index in [-0.39, 0.29) is 36.8 Å². The van der Waals surface area contributed by atoms with Gasteiger partial charge in [-0.05, 0) is 12.1 Å². The van der Waals surface area contributed by atoms with Crippen LogP contribution in [0.4, 0.5) is 5.69 Å². The Kier molecular flexibility index (Phi) is 6.10. The Balaban J connectivity index is 1.99. The number of nitriles is 1. The van der Waals surface area contributed by atoms with E-state index in [1.54, 1.807) is 0 Å². The average molecular weight is 361 g/mol. The van der Waals surface area contributed by atoms with Gasteiger partial charge in [-0.2, -0.15) is 5.26 Å². The zero-order valence-corrected chi connectivity index (χ0v) is 13.8. The monoisotopic (exact) mass is 361 g/mol. The minimum Gasteiger partial charge on any atom is -0.454 e. The number of esters is 1. The molecule has 0 fully saturated rings. The largest absolute Gasteiger partial charge is 0.454 e. The first-order valence-electron chi connectivity index (χ1n) is 7.46. The van der Waals surface area contributed by atoms with Crippen LogP contribution in [0.3, 0.4) is 0 Å². The molecule has 0 spiro atoms. The molecular formula is C16H15N3O7. The van der Waals surface area contributed by atoms with Gasteiger partial charge in [-0.15, -0.1) is 0 Å². The molecule has 10 heteroatoms. The van der Waals surface area contributed by atoms with Gasteiger partial charge >= 0.3 is 5.97 Å². The Morgan fingerprint density at radius 2 is 2.12 bits per heavy atom. The van der Waals surface area contributed by atoms with Crippen LogP contribution >= 0.6 is 0 Å². The second kappa shape index (κ2) is 8.48. The lowest BCUT2D eigenvalue weighted by molar-refractivity contribution is -0.385. The maximum absolute atomic E-state index is 11.7. The minimum absolute atomic E-state index is 0.0386. The first kappa shape index (κ1) is 18.7. The lowest BCUT2D eigenvalue weighted by Crippen LogP contribution is -2.31. The highest BCUT2D eigenvalue weighted by Crippen LogP contribution is 2.38. The van der Waals surface area contributed by atoms with E-state index in [2.05, 4.69) is 0 Å². The Morgan fingerprint density at radius 3 is 2.77 bits per heavy atom. The molecule has 26 heavy (non-hydrogen) atoms. The summed E-state index contributed by atoms with van der Waals surface area (Å²) in [4.78, 5) is 35.2. The number of benzene rings is 1. The van der Waals surface area contributed by atoms with Crippen molar-refractivity contribution in [1.29, 1.82) is 5.26 Å². The van der Waals surface area contributed by atoms with Gasteiger partial charge in [0.05, 0.1) is 29.0 Å². The van der Waals surface area contributed by atoms with Crippen LogP contribution in [0.25, 0.3) is 6.08 Å². The smallest absolute Gasteiger partial charge is 0.331 e. The Morgan fingerprint density at radius 1 is 1.42 bits per heavy atom. The molecule has 0 radical (unpaired) electrons. The molecule has 0 bridgehead atoms. The second-order valence-corrected chi connectivity index (χ2v) is 5.19. The summed E-state index contributed by atoms with van der Waals surface area (Å²) in [6, 6.07) is 4.49. The van der Waals surface area contributed by atoms with Gasteiger partial charge in [-0.3, -0.25) is 14.9 Å². The SMILES string of the molecule is CN(CCC#N)C(=O)COC(=O)/C=C/c1cc2c(cc1[N+](=O)[O-])OCO2. The molecule has 136 valence electrons. The van der Waals surface area contributed by atoms with Crippen LogP contribution < -0.4 is 9.47 Å². The van der Waals surface area contributed by atoms with E-state index < -0.39 is 23.4 Å². The number of hydrogen-bond acceptors (Lipinski definition) is 8. The predicted molar refractivity (Wildman–Crippen MR) is 87.1 cm³/mol. The van der Waals surface area contributed by atoms with Crippen LogP contribution in [0.2, 0.25) is 0 Å². The lowest BCUT2D eigenvalue weighted by atomic mass is 10.1. The summed E-state index contributed by atoms with van der Waals surface area (Å²) in [7, 11) is 1.49. The third-order valence-corrected chi connectivity index (χ3v) is 3.44. The topological polar surface area (TPSA) is 132 Å². The molecule has 2 rings (SSSR count). The van der Waals surface area contributed by atoms with Crippen molar-refractivity contribution in [3.8, 4) is 17.6 Å². The highest BCUT2D eigenvalue weighted by Gasteiger charge is 2.22. The Labute approximate surface area is 148 Å². The number of carbonyl (C=O) groups is 2. The molecule has 1 aliphatic rings. The van der Waals surface area contributed by atoms with Crippen LogP contribution in [0, 0.1) is 21.4 Å². The first-order valence-corrected chi connectivity index (χ1v) is 7.46. The number of nitro benzene ring substituents is 1. The number of nitrogens with zero attached hydrogens (tertiary/aromatic N) is 3. The van der Waals surface area contributed by atoms with Crippen molar-refractivity contribution < 1.29 is 28.7 Å². The number of nitro groups is 1. The molecule has 0 N–H and O–H groups in total. The zero-order valence-electron chi connectivity index (χ0n) is 13.8. The van der Waals surface area contributed by atoms with Crippen molar-refractivity contribution in [3.05, 3.63) is 33.9 Å². The molecule has 0 saturated heterocycles. The first-order chi connectivity index (χ1) is 12.4. The third kappa shape index (κ3) is 4.70. The maximum Gasteiger partial charge on any atom is 0.331 e. The molecule has 0 aliphatic carbocycles. The zero-order chi connectivity index (χ0) is 19.1. The van der Waals surface area contributed by atoms with Gasteiger partial charge in [-0.1, -0.05) is 0 Å². The van der Waals surface area contributed by atoms with E-state index in [0.29, 0.717) is 5.75 Å². The molecule has 1 heterocycles. The van der Waals surface area contributed by atoms with Crippen LogP contribution in [-0.4, -0.2) is 48.7 Å². The van der Waals surface area contributed by atoms with Gasteiger partial charge in [0.2, 0.25) is 6.79 Å². The summed E-state index contributed by atoms with van der Waals surface area (Å²) in [5, 5.41) is 19.6. The number of hydrogen-bond donors (Lipinski definition) is 0. The summed E-state index contributed by atoms with van der Waals surface area (Å²) < 4.78 is 15.0. The molecule has 1 amide bonds. The van der Waals surface area contributed by atoms with Gasteiger partial charge in [0, 0.05) is 19.7 Å². The molecule has 1 aromatic carbocycles. The lowest BCUT2D eigenvalue weighted by Gasteiger charge is -2.14. The van der Waals surface area contributed by atoms with E-state index in [1.807, 2.05) is 6.07 Å². The number of ether oxygens (including phenoxy) is 3. The predicted octanol–water partition coefficient (Wildman–Crippen LogP) is 1.25. The van der Waals surface area contributed by atoms with Crippen molar-refractivity contribution >= 4 is 23.6 Å². The maximum atomic E-state index is 11.7. The molecule has 1 aromatic rings. The van der Waals surface area contributed by atoms with Crippen molar-refractivity contribution in [2.24, 2.45) is 0 Å². The van der Waals surface area contributed by atoms with Crippen molar-refractivity contribution in [2.45, 2.75) is 6.42 Å². The van der Waals surface area contributed by atoms with E-state index in [4.69, 9.17) is 19.5 Å². The van der Waals surface area contributed by atoms with Crippen molar-refractivity contribution in [3.63, 3.8) is 0 Å². The molecule has 1 aliphatic heterocycles. The number of amides is 1. The van der Waals surface area contributed by atoms with E-state index >= 15 is 0 Å². The van der Waals surface area contributed by atoms with Crippen LogP contribution in [0.15, 0.2) is 18.2 Å². The van der Waals surface area contributed by atoms with Crippen LogP contribution in [0.1, 0.15) is 12.0 Å². The molecule has 0 unspecified atom stereocenters. The molecule has 10 nitrogen and oxygen atoms in total. The molecular weight excluding hydrogens is 346 g/mol. The third-order valence-electron chi connectivity index (χ3n) is 3.44. The van der Waals surface area contributed by atoms with E-state index in [0.717, 1.165) is 6.08 Å².